The van der Waals surface area contributed by atoms with E-state index < -0.39 is 121 Å². The number of rotatable bonds is 28. The molecule has 340 valence electrons. The molecule has 0 unspecified atom stereocenters. The van der Waals surface area contributed by atoms with Crippen LogP contribution >= 0.6 is 0 Å². The van der Waals surface area contributed by atoms with Gasteiger partial charge < -0.3 is 75.3 Å². The molecule has 61 heavy (non-hydrogen) atoms. The Labute approximate surface area is 351 Å². The number of phenolic OH excluding ortho intramolecular Hbond substituents is 1. The van der Waals surface area contributed by atoms with Crippen LogP contribution in [-0.4, -0.2) is 135 Å². The number of primary amides is 1. The maximum atomic E-state index is 13.9. The SMILES string of the molecule is CC[C@H](C)[C@H](NC(=O)[C@H](CCCN=C(N)N)NC(=O)[C@H](CCC(=O)O)NC(=O)[C@H](CO)NC(=O)[C@H](C)NC(=O)[C@@H](N)CCC(N)=O)C(=O)N[C@@H](Cc1ccc(O)cc1)C(=O)O. The molecule has 0 radical (unpaired) electrons. The fraction of sp³-hybridized carbons (Fsp3) is 0.568. The molecule has 0 saturated heterocycles. The highest BCUT2D eigenvalue weighted by Gasteiger charge is 2.34. The van der Waals surface area contributed by atoms with Crippen molar-refractivity contribution in [1.29, 1.82) is 0 Å². The zero-order chi connectivity index (χ0) is 46.4. The van der Waals surface area contributed by atoms with Crippen LogP contribution in [-0.2, 0) is 49.6 Å². The van der Waals surface area contributed by atoms with Gasteiger partial charge in [0.05, 0.1) is 12.6 Å². The van der Waals surface area contributed by atoms with Crippen molar-refractivity contribution in [3.63, 3.8) is 0 Å². The van der Waals surface area contributed by atoms with E-state index in [0.29, 0.717) is 12.0 Å². The number of carboxylic acid groups (broad SMARTS) is 2. The number of hydrogen-bond acceptors (Lipinski definition) is 13. The molecule has 18 N–H and O–H groups in total. The van der Waals surface area contributed by atoms with E-state index in [4.69, 9.17) is 22.9 Å². The standard InChI is InChI=1S/C37H59N11O13/c1-4-18(2)29(35(59)46-25(36(60)61)16-20-7-9-21(50)10-8-20)48-33(57)23(6-5-15-42-37(40)41)44-32(56)24(12-14-28(52)53)45-34(58)26(17-49)47-30(54)19(3)43-31(55)22(38)11-13-27(39)51/h7-10,18-19,22-26,29,49-50H,4-6,11-17,38H2,1-3H3,(H2,39,51)(H,43,55)(H,44,56)(H,45,58)(H,46,59)(H,47,54)(H,48,57)(H,52,53)(H,60,61)(H4,40,41,42)/t18-,19-,22-,23-,24-,25-,26-,29-/m0/s1. The van der Waals surface area contributed by atoms with Crippen molar-refractivity contribution in [3.05, 3.63) is 29.8 Å². The third kappa shape index (κ3) is 19.8. The third-order valence-corrected chi connectivity index (χ3v) is 9.25. The van der Waals surface area contributed by atoms with Crippen molar-refractivity contribution >= 4 is 59.2 Å². The summed E-state index contributed by atoms with van der Waals surface area (Å²) < 4.78 is 0. The summed E-state index contributed by atoms with van der Waals surface area (Å²) in [6.45, 7) is 3.55. The number of carbonyl (C=O) groups is 9. The molecular formula is C37H59N11O13. The van der Waals surface area contributed by atoms with Crippen molar-refractivity contribution < 1.29 is 63.6 Å². The number of carboxylic acids is 2. The van der Waals surface area contributed by atoms with Crippen molar-refractivity contribution in [3.8, 4) is 5.75 Å². The van der Waals surface area contributed by atoms with Crippen molar-refractivity contribution in [1.82, 2.24) is 31.9 Å². The first-order valence-corrected chi connectivity index (χ1v) is 19.3. The number of nitrogens with zero attached hydrogens (tertiary/aromatic N) is 1. The van der Waals surface area contributed by atoms with Gasteiger partial charge in [0.15, 0.2) is 5.96 Å². The molecule has 0 aliphatic carbocycles. The van der Waals surface area contributed by atoms with E-state index in [2.05, 4.69) is 36.9 Å². The predicted molar refractivity (Wildman–Crippen MR) is 216 cm³/mol. The Bertz CT molecular complexity index is 1720. The number of aromatic hydroxyl groups is 1. The molecule has 0 aliphatic heterocycles. The molecule has 0 bridgehead atoms. The number of aliphatic hydroxyl groups excluding tert-OH is 1. The number of phenols is 1. The number of amides is 7. The molecule has 0 aliphatic rings. The number of aliphatic hydroxyl groups is 1. The Morgan fingerprint density at radius 3 is 1.74 bits per heavy atom. The second-order valence-electron chi connectivity index (χ2n) is 14.2. The zero-order valence-electron chi connectivity index (χ0n) is 34.2. The van der Waals surface area contributed by atoms with Crippen LogP contribution in [0.25, 0.3) is 0 Å². The Morgan fingerprint density at radius 1 is 0.672 bits per heavy atom. The number of hydrogen-bond donors (Lipinski definition) is 14. The second kappa shape index (κ2) is 26.5. The van der Waals surface area contributed by atoms with Crippen LogP contribution in [0.1, 0.15) is 71.3 Å². The summed E-state index contributed by atoms with van der Waals surface area (Å²) in [5, 5.41) is 53.0. The van der Waals surface area contributed by atoms with E-state index >= 15 is 0 Å². The summed E-state index contributed by atoms with van der Waals surface area (Å²) in [7, 11) is 0. The fourth-order valence-corrected chi connectivity index (χ4v) is 5.44. The molecule has 1 aromatic carbocycles. The quantitative estimate of drug-likeness (QED) is 0.0214. The van der Waals surface area contributed by atoms with Crippen LogP contribution in [0.2, 0.25) is 0 Å². The Hall–Kier alpha value is -6.56. The predicted octanol–water partition coefficient (Wildman–Crippen LogP) is -4.50. The van der Waals surface area contributed by atoms with Crippen LogP contribution in [0.4, 0.5) is 0 Å². The lowest BCUT2D eigenvalue weighted by atomic mass is 9.96. The molecule has 24 heteroatoms. The summed E-state index contributed by atoms with van der Waals surface area (Å²) in [5.41, 5.74) is 22.1. The Balaban J connectivity index is 3.29. The molecule has 7 amide bonds. The van der Waals surface area contributed by atoms with Crippen LogP contribution < -0.4 is 54.8 Å². The van der Waals surface area contributed by atoms with Gasteiger partial charge in [-0.15, -0.1) is 0 Å². The number of benzene rings is 1. The first-order chi connectivity index (χ1) is 28.6. The zero-order valence-corrected chi connectivity index (χ0v) is 34.2. The summed E-state index contributed by atoms with van der Waals surface area (Å²) in [6, 6.07) is -4.50. The average molecular weight is 866 g/mol. The van der Waals surface area contributed by atoms with Gasteiger partial charge in [0, 0.05) is 25.8 Å². The van der Waals surface area contributed by atoms with E-state index in [1.165, 1.54) is 31.2 Å². The number of aliphatic carboxylic acids is 2. The second-order valence-corrected chi connectivity index (χ2v) is 14.2. The van der Waals surface area contributed by atoms with Crippen molar-refractivity contribution in [2.24, 2.45) is 33.8 Å². The summed E-state index contributed by atoms with van der Waals surface area (Å²) in [5.74, 6) is -10.1. The van der Waals surface area contributed by atoms with Gasteiger partial charge in [-0.1, -0.05) is 32.4 Å². The highest BCUT2D eigenvalue weighted by Crippen LogP contribution is 2.14. The van der Waals surface area contributed by atoms with Gasteiger partial charge in [0.25, 0.3) is 0 Å². The normalized spacial score (nSPS) is 14.8. The maximum Gasteiger partial charge on any atom is 0.326 e. The number of nitrogens with two attached hydrogens (primary N) is 4. The molecule has 8 atom stereocenters. The summed E-state index contributed by atoms with van der Waals surface area (Å²) in [4.78, 5) is 118. The lowest BCUT2D eigenvalue weighted by Crippen LogP contribution is -2.60. The average Bonchev–Trinajstić information content (AvgIpc) is 3.19. The largest absolute Gasteiger partial charge is 0.508 e. The van der Waals surface area contributed by atoms with Gasteiger partial charge in [0.1, 0.15) is 42.0 Å². The number of nitrogens with one attached hydrogen (secondary N) is 6. The lowest BCUT2D eigenvalue weighted by molar-refractivity contribution is -0.142. The molecule has 0 fully saturated rings. The van der Waals surface area contributed by atoms with Gasteiger partial charge in [-0.2, -0.15) is 0 Å². The smallest absolute Gasteiger partial charge is 0.326 e. The molecular weight excluding hydrogens is 806 g/mol. The molecule has 1 aromatic rings. The van der Waals surface area contributed by atoms with Crippen LogP contribution in [0, 0.1) is 5.92 Å². The molecule has 0 aromatic heterocycles. The van der Waals surface area contributed by atoms with Crippen molar-refractivity contribution in [2.75, 3.05) is 13.2 Å². The van der Waals surface area contributed by atoms with E-state index in [-0.39, 0.29) is 50.4 Å². The Kier molecular flexibility index (Phi) is 22.8. The topological polar surface area (TPSA) is 423 Å². The minimum absolute atomic E-state index is 0.00986. The molecule has 0 spiro atoms. The first-order valence-electron chi connectivity index (χ1n) is 19.3. The minimum atomic E-state index is -1.73. The minimum Gasteiger partial charge on any atom is -0.508 e. The number of carbonyl (C=O) groups excluding carboxylic acids is 7. The van der Waals surface area contributed by atoms with Gasteiger partial charge in [-0.25, -0.2) is 4.79 Å². The monoisotopic (exact) mass is 865 g/mol. The van der Waals surface area contributed by atoms with E-state index in [1.807, 2.05) is 0 Å². The van der Waals surface area contributed by atoms with Crippen LogP contribution in [0.5, 0.6) is 5.75 Å². The third-order valence-electron chi connectivity index (χ3n) is 9.25. The number of guanidine groups is 1. The molecule has 0 heterocycles. The van der Waals surface area contributed by atoms with Gasteiger partial charge in [0.2, 0.25) is 41.4 Å². The summed E-state index contributed by atoms with van der Waals surface area (Å²) in [6.07, 6.45) is -1.42. The van der Waals surface area contributed by atoms with Crippen LogP contribution in [0.3, 0.4) is 0 Å². The fourth-order valence-electron chi connectivity index (χ4n) is 5.44. The molecule has 1 rings (SSSR count). The van der Waals surface area contributed by atoms with Crippen molar-refractivity contribution in [2.45, 2.75) is 114 Å². The Morgan fingerprint density at radius 2 is 1.21 bits per heavy atom. The number of aliphatic imine (C=N–C) groups is 1. The van der Waals surface area contributed by atoms with Gasteiger partial charge >= 0.3 is 11.9 Å². The first kappa shape index (κ1) is 52.5. The lowest BCUT2D eigenvalue weighted by Gasteiger charge is -2.29. The van der Waals surface area contributed by atoms with E-state index in [1.54, 1.807) is 13.8 Å². The van der Waals surface area contributed by atoms with Crippen LogP contribution in [0.15, 0.2) is 29.3 Å². The van der Waals surface area contributed by atoms with E-state index in [9.17, 15) is 63.6 Å². The summed E-state index contributed by atoms with van der Waals surface area (Å²) >= 11 is 0. The van der Waals surface area contributed by atoms with Gasteiger partial charge in [-0.3, -0.25) is 43.3 Å². The molecule has 0 saturated carbocycles. The highest BCUT2D eigenvalue weighted by molar-refractivity contribution is 5.97. The molecule has 24 nitrogen and oxygen atoms in total. The van der Waals surface area contributed by atoms with E-state index in [0.717, 1.165) is 0 Å². The highest BCUT2D eigenvalue weighted by atomic mass is 16.4. The van der Waals surface area contributed by atoms with Gasteiger partial charge in [-0.05, 0) is 56.2 Å². The maximum absolute atomic E-state index is 13.9.